The van der Waals surface area contributed by atoms with Gasteiger partial charge in [0.25, 0.3) is 0 Å². The Morgan fingerprint density at radius 3 is 2.33 bits per heavy atom. The van der Waals surface area contributed by atoms with Crippen LogP contribution in [0.2, 0.25) is 18.1 Å². The highest BCUT2D eigenvalue weighted by molar-refractivity contribution is 6.74. The fourth-order valence-electron chi connectivity index (χ4n) is 5.14. The van der Waals surface area contributed by atoms with Gasteiger partial charge in [-0.1, -0.05) is 33.6 Å². The Morgan fingerprint density at radius 2 is 1.67 bits per heavy atom. The number of fused-ring (bicyclic) bond motifs is 1. The number of hydrogen-bond donors (Lipinski definition) is 0. The lowest BCUT2D eigenvalue weighted by molar-refractivity contribution is -0.136. The van der Waals surface area contributed by atoms with Crippen LogP contribution in [0.5, 0.6) is 0 Å². The summed E-state index contributed by atoms with van der Waals surface area (Å²) in [4.78, 5) is 25.4. The number of hydrogen-bond acceptors (Lipinski definition) is 3. The highest BCUT2D eigenvalue weighted by Crippen LogP contribution is 2.57. The Bertz CT molecular complexity index is 533. The Kier molecular flexibility index (Phi) is 4.61. The second-order valence-electron chi connectivity index (χ2n) is 9.94. The average Bonchev–Trinajstić information content (AvgIpc) is 2.65. The van der Waals surface area contributed by atoms with Gasteiger partial charge >= 0.3 is 0 Å². The van der Waals surface area contributed by atoms with E-state index in [2.05, 4.69) is 33.9 Å². The standard InChI is InChI=1S/C20H34O3Si/c1-19(2,3)24(4,5)23-18-14-8-6-7-12-20(18)13-11-16(22)17(20)15(21)10-9-14/h14,17-18H,6-13H2,1-5H3/t14-,17-,18+,20-/m0/s1. The monoisotopic (exact) mass is 350 g/mol. The van der Waals surface area contributed by atoms with Crippen LogP contribution >= 0.6 is 0 Å². The van der Waals surface area contributed by atoms with Gasteiger partial charge in [-0.2, -0.15) is 0 Å². The van der Waals surface area contributed by atoms with E-state index in [9.17, 15) is 9.59 Å². The summed E-state index contributed by atoms with van der Waals surface area (Å²) in [6.07, 6.45) is 7.61. The van der Waals surface area contributed by atoms with Crippen LogP contribution < -0.4 is 0 Å². The van der Waals surface area contributed by atoms with Gasteiger partial charge in [-0.05, 0) is 49.7 Å². The van der Waals surface area contributed by atoms with Gasteiger partial charge in [0.1, 0.15) is 11.6 Å². The molecule has 3 aliphatic rings. The molecule has 0 N–H and O–H groups in total. The number of rotatable bonds is 2. The fourth-order valence-corrected chi connectivity index (χ4v) is 6.56. The van der Waals surface area contributed by atoms with Crippen LogP contribution in [-0.4, -0.2) is 26.0 Å². The predicted octanol–water partition coefficient (Wildman–Crippen LogP) is 4.90. The van der Waals surface area contributed by atoms with Crippen molar-refractivity contribution in [3.05, 3.63) is 0 Å². The van der Waals surface area contributed by atoms with Crippen molar-refractivity contribution in [3.8, 4) is 0 Å². The summed E-state index contributed by atoms with van der Waals surface area (Å²) in [5.74, 6) is 0.508. The van der Waals surface area contributed by atoms with E-state index in [0.29, 0.717) is 18.8 Å². The van der Waals surface area contributed by atoms with E-state index in [-0.39, 0.29) is 34.0 Å². The smallest absolute Gasteiger partial charge is 0.192 e. The highest BCUT2D eigenvalue weighted by atomic mass is 28.4. The molecule has 0 heterocycles. The summed E-state index contributed by atoms with van der Waals surface area (Å²) >= 11 is 0. The maximum absolute atomic E-state index is 12.8. The van der Waals surface area contributed by atoms with Gasteiger partial charge in [-0.25, -0.2) is 0 Å². The zero-order valence-corrected chi connectivity index (χ0v) is 17.1. The van der Waals surface area contributed by atoms with Crippen LogP contribution in [0.25, 0.3) is 0 Å². The van der Waals surface area contributed by atoms with E-state index >= 15 is 0 Å². The van der Waals surface area contributed by atoms with Crippen molar-refractivity contribution in [3.63, 3.8) is 0 Å². The fraction of sp³-hybridized carbons (Fsp3) is 0.900. The van der Waals surface area contributed by atoms with E-state index in [1.165, 1.54) is 6.42 Å². The second-order valence-corrected chi connectivity index (χ2v) is 14.7. The molecule has 4 heteroatoms. The Labute approximate surface area is 148 Å². The van der Waals surface area contributed by atoms with Gasteiger partial charge in [-0.15, -0.1) is 0 Å². The quantitative estimate of drug-likeness (QED) is 0.526. The molecule has 0 aromatic heterocycles. The minimum atomic E-state index is -1.93. The number of Topliss-reactive ketones (excluding diaryl/α,β-unsaturated/α-hetero) is 2. The first-order valence-corrected chi connectivity index (χ1v) is 12.7. The van der Waals surface area contributed by atoms with Crippen molar-refractivity contribution in [1.82, 2.24) is 0 Å². The molecule has 0 aliphatic heterocycles. The summed E-state index contributed by atoms with van der Waals surface area (Å²) in [6, 6.07) is 0. The number of ketones is 2. The molecule has 3 aliphatic carbocycles. The molecule has 1 spiro atoms. The predicted molar refractivity (Wildman–Crippen MR) is 98.4 cm³/mol. The first-order valence-electron chi connectivity index (χ1n) is 9.82. The van der Waals surface area contributed by atoms with E-state index in [1.807, 2.05) is 0 Å². The first kappa shape index (κ1) is 18.3. The van der Waals surface area contributed by atoms with Crippen LogP contribution in [0.3, 0.4) is 0 Å². The minimum Gasteiger partial charge on any atom is -0.413 e. The van der Waals surface area contributed by atoms with Crippen molar-refractivity contribution < 1.29 is 14.0 Å². The maximum atomic E-state index is 12.8. The lowest BCUT2D eigenvalue weighted by Gasteiger charge is -2.48. The molecule has 4 atom stereocenters. The summed E-state index contributed by atoms with van der Waals surface area (Å²) in [7, 11) is -1.93. The average molecular weight is 351 g/mol. The van der Waals surface area contributed by atoms with Crippen molar-refractivity contribution in [2.24, 2.45) is 17.3 Å². The van der Waals surface area contributed by atoms with Crippen LogP contribution in [0.1, 0.15) is 72.1 Å². The molecule has 0 radical (unpaired) electrons. The largest absolute Gasteiger partial charge is 0.413 e. The molecule has 3 nitrogen and oxygen atoms in total. The van der Waals surface area contributed by atoms with E-state index in [4.69, 9.17) is 4.43 Å². The Morgan fingerprint density at radius 1 is 1.00 bits per heavy atom. The summed E-state index contributed by atoms with van der Waals surface area (Å²) in [5.41, 5.74) is -0.193. The lowest BCUT2D eigenvalue weighted by atomic mass is 9.68. The van der Waals surface area contributed by atoms with Crippen LogP contribution in [-0.2, 0) is 14.0 Å². The molecular weight excluding hydrogens is 316 g/mol. The lowest BCUT2D eigenvalue weighted by Crippen LogP contribution is -2.53. The third-order valence-electron chi connectivity index (χ3n) is 7.51. The molecule has 3 rings (SSSR count). The molecule has 0 aromatic rings. The third-order valence-corrected chi connectivity index (χ3v) is 12.0. The SMILES string of the molecule is CC(C)(C)[Si](C)(C)O[C@@H]1[C@H]2CCCC[C@@]13CCC(=O)[C@@H]3C(=O)CC2. The van der Waals surface area contributed by atoms with Gasteiger partial charge in [0.05, 0.1) is 12.0 Å². The van der Waals surface area contributed by atoms with Gasteiger partial charge < -0.3 is 4.43 Å². The van der Waals surface area contributed by atoms with E-state index in [0.717, 1.165) is 32.1 Å². The summed E-state index contributed by atoms with van der Waals surface area (Å²) in [6.45, 7) is 11.5. The van der Waals surface area contributed by atoms with Gasteiger partial charge in [0, 0.05) is 18.3 Å². The third kappa shape index (κ3) is 2.84. The molecule has 2 bridgehead atoms. The number of carbonyl (C=O) groups is 2. The topological polar surface area (TPSA) is 43.4 Å². The van der Waals surface area contributed by atoms with Crippen molar-refractivity contribution in [2.75, 3.05) is 0 Å². The zero-order valence-electron chi connectivity index (χ0n) is 16.1. The summed E-state index contributed by atoms with van der Waals surface area (Å²) < 4.78 is 7.01. The summed E-state index contributed by atoms with van der Waals surface area (Å²) in [5, 5.41) is 0.154. The Balaban J connectivity index is 2.04. The molecule has 3 saturated carbocycles. The van der Waals surface area contributed by atoms with Gasteiger partial charge in [-0.3, -0.25) is 9.59 Å². The molecule has 136 valence electrons. The highest BCUT2D eigenvalue weighted by Gasteiger charge is 2.60. The maximum Gasteiger partial charge on any atom is 0.192 e. The number of carbonyl (C=O) groups excluding carboxylic acids is 2. The van der Waals surface area contributed by atoms with Gasteiger partial charge in [0.15, 0.2) is 8.32 Å². The van der Waals surface area contributed by atoms with Crippen LogP contribution in [0, 0.1) is 17.3 Å². The van der Waals surface area contributed by atoms with E-state index in [1.54, 1.807) is 0 Å². The van der Waals surface area contributed by atoms with E-state index < -0.39 is 8.32 Å². The van der Waals surface area contributed by atoms with Crippen LogP contribution in [0.15, 0.2) is 0 Å². The van der Waals surface area contributed by atoms with Crippen molar-refractivity contribution >= 4 is 19.9 Å². The molecule has 0 saturated heterocycles. The van der Waals surface area contributed by atoms with Crippen molar-refractivity contribution in [1.29, 1.82) is 0 Å². The second kappa shape index (κ2) is 6.05. The molecule has 0 amide bonds. The molecule has 3 fully saturated rings. The normalized spacial score (nSPS) is 37.8. The zero-order chi connectivity index (χ0) is 17.8. The Hall–Kier alpha value is -0.483. The molecule has 24 heavy (non-hydrogen) atoms. The molecule has 0 aromatic carbocycles. The first-order chi connectivity index (χ1) is 11.1. The minimum absolute atomic E-state index is 0.115. The van der Waals surface area contributed by atoms with Crippen molar-refractivity contribution in [2.45, 2.75) is 96.4 Å². The molecule has 0 unspecified atom stereocenters. The van der Waals surface area contributed by atoms with Crippen LogP contribution in [0.4, 0.5) is 0 Å². The molecular formula is C20H34O3Si. The van der Waals surface area contributed by atoms with Gasteiger partial charge in [0.2, 0.25) is 0 Å².